The van der Waals surface area contributed by atoms with Crippen LogP contribution in [0.4, 0.5) is 0 Å². The summed E-state index contributed by atoms with van der Waals surface area (Å²) in [7, 11) is 0. The number of benzene rings is 2. The monoisotopic (exact) mass is 363 g/mol. The van der Waals surface area contributed by atoms with Crippen LogP contribution in [0.5, 0.6) is 5.75 Å². The summed E-state index contributed by atoms with van der Waals surface area (Å²) in [4.78, 5) is 9.15. The maximum absolute atomic E-state index is 5.47. The van der Waals surface area contributed by atoms with Crippen LogP contribution in [0.1, 0.15) is 17.8 Å². The van der Waals surface area contributed by atoms with Crippen molar-refractivity contribution in [3.05, 3.63) is 70.9 Å². The van der Waals surface area contributed by atoms with Crippen LogP contribution in [0.25, 0.3) is 22.6 Å². The Labute approximate surface area is 155 Å². The number of thiazole rings is 1. The van der Waals surface area contributed by atoms with Crippen LogP contribution >= 0.6 is 11.3 Å². The summed E-state index contributed by atoms with van der Waals surface area (Å²) in [6, 6.07) is 17.7. The molecule has 4 aromatic rings. The molecule has 0 atom stereocenters. The summed E-state index contributed by atoms with van der Waals surface area (Å²) in [5.41, 5.74) is 2.94. The van der Waals surface area contributed by atoms with Gasteiger partial charge in [0.25, 0.3) is 0 Å². The van der Waals surface area contributed by atoms with Crippen LogP contribution < -0.4 is 4.74 Å². The second-order valence-electron chi connectivity index (χ2n) is 5.64. The lowest BCUT2D eigenvalue weighted by Crippen LogP contribution is -1.91. The summed E-state index contributed by atoms with van der Waals surface area (Å²) < 4.78 is 10.8. The predicted octanol–water partition coefficient (Wildman–Crippen LogP) is 4.85. The fourth-order valence-corrected chi connectivity index (χ4v) is 3.37. The van der Waals surface area contributed by atoms with Gasteiger partial charge >= 0.3 is 0 Å². The molecule has 5 nitrogen and oxygen atoms in total. The number of ether oxygens (including phenoxy) is 1. The van der Waals surface area contributed by atoms with Crippen molar-refractivity contribution in [2.24, 2.45) is 0 Å². The Morgan fingerprint density at radius 2 is 1.77 bits per heavy atom. The standard InChI is InChI=1S/C20H17N3O2S/c1-2-24-16-10-8-14(9-11-16)17-13-26-19(21-17)12-18-22-20(23-25-18)15-6-4-3-5-7-15/h3-11,13H,2,12H2,1H3. The van der Waals surface area contributed by atoms with E-state index in [4.69, 9.17) is 9.26 Å². The Morgan fingerprint density at radius 3 is 2.54 bits per heavy atom. The Bertz CT molecular complexity index is 978. The summed E-state index contributed by atoms with van der Waals surface area (Å²) in [5.74, 6) is 2.03. The molecule has 0 spiro atoms. The average molecular weight is 363 g/mol. The van der Waals surface area contributed by atoms with Crippen molar-refractivity contribution in [1.82, 2.24) is 15.1 Å². The molecule has 0 N–H and O–H groups in total. The fraction of sp³-hybridized carbons (Fsp3) is 0.150. The predicted molar refractivity (Wildman–Crippen MR) is 101 cm³/mol. The molecule has 0 aliphatic carbocycles. The van der Waals surface area contributed by atoms with Crippen LogP contribution in [-0.4, -0.2) is 21.7 Å². The van der Waals surface area contributed by atoms with Crippen LogP contribution in [0.2, 0.25) is 0 Å². The molecule has 0 saturated carbocycles. The van der Waals surface area contributed by atoms with E-state index < -0.39 is 0 Å². The van der Waals surface area contributed by atoms with Gasteiger partial charge in [-0.1, -0.05) is 35.5 Å². The summed E-state index contributed by atoms with van der Waals surface area (Å²) in [5, 5.41) is 7.03. The van der Waals surface area contributed by atoms with E-state index in [1.807, 2.05) is 66.9 Å². The van der Waals surface area contributed by atoms with Crippen molar-refractivity contribution in [2.75, 3.05) is 6.61 Å². The highest BCUT2D eigenvalue weighted by Crippen LogP contribution is 2.25. The first kappa shape index (κ1) is 16.5. The Kier molecular flexibility index (Phi) is 4.75. The molecule has 0 radical (unpaired) electrons. The van der Waals surface area contributed by atoms with Crippen molar-refractivity contribution in [3.8, 4) is 28.4 Å². The lowest BCUT2D eigenvalue weighted by atomic mass is 10.2. The molecule has 0 unspecified atom stereocenters. The number of hydrogen-bond donors (Lipinski definition) is 0. The van der Waals surface area contributed by atoms with E-state index in [2.05, 4.69) is 15.1 Å². The van der Waals surface area contributed by atoms with Gasteiger partial charge in [-0.05, 0) is 31.2 Å². The molecule has 26 heavy (non-hydrogen) atoms. The van der Waals surface area contributed by atoms with Crippen LogP contribution in [0, 0.1) is 0 Å². The highest BCUT2D eigenvalue weighted by atomic mass is 32.1. The molecule has 6 heteroatoms. The zero-order chi connectivity index (χ0) is 17.8. The van der Waals surface area contributed by atoms with Gasteiger partial charge in [0.2, 0.25) is 11.7 Å². The van der Waals surface area contributed by atoms with E-state index in [1.165, 1.54) is 0 Å². The number of aromatic nitrogens is 3. The molecule has 130 valence electrons. The molecular formula is C20H17N3O2S. The normalized spacial score (nSPS) is 10.8. The largest absolute Gasteiger partial charge is 0.494 e. The van der Waals surface area contributed by atoms with Crippen LogP contribution in [-0.2, 0) is 6.42 Å². The minimum atomic E-state index is 0.529. The molecule has 2 aromatic heterocycles. The van der Waals surface area contributed by atoms with Gasteiger partial charge in [-0.3, -0.25) is 0 Å². The Hall–Kier alpha value is -2.99. The average Bonchev–Trinajstić information content (AvgIpc) is 3.34. The second kappa shape index (κ2) is 7.49. The molecule has 0 aliphatic heterocycles. The quantitative estimate of drug-likeness (QED) is 0.490. The number of hydrogen-bond acceptors (Lipinski definition) is 6. The molecule has 0 saturated heterocycles. The summed E-state index contributed by atoms with van der Waals surface area (Å²) in [6.07, 6.45) is 0.529. The lowest BCUT2D eigenvalue weighted by Gasteiger charge is -2.03. The second-order valence-corrected chi connectivity index (χ2v) is 6.58. The van der Waals surface area contributed by atoms with Gasteiger partial charge in [0, 0.05) is 16.5 Å². The molecule has 2 aromatic carbocycles. The zero-order valence-electron chi connectivity index (χ0n) is 14.3. The third-order valence-electron chi connectivity index (χ3n) is 3.82. The van der Waals surface area contributed by atoms with Crippen LogP contribution in [0.15, 0.2) is 64.5 Å². The highest BCUT2D eigenvalue weighted by molar-refractivity contribution is 7.10. The van der Waals surface area contributed by atoms with Crippen molar-refractivity contribution in [2.45, 2.75) is 13.3 Å². The van der Waals surface area contributed by atoms with E-state index in [9.17, 15) is 0 Å². The minimum Gasteiger partial charge on any atom is -0.494 e. The fourth-order valence-electron chi connectivity index (χ4n) is 2.57. The Balaban J connectivity index is 1.48. The van der Waals surface area contributed by atoms with Crippen molar-refractivity contribution in [1.29, 1.82) is 0 Å². The molecule has 2 heterocycles. The van der Waals surface area contributed by atoms with E-state index in [-0.39, 0.29) is 0 Å². The molecule has 0 amide bonds. The third-order valence-corrected chi connectivity index (χ3v) is 4.66. The summed E-state index contributed by atoms with van der Waals surface area (Å²) in [6.45, 7) is 2.64. The van der Waals surface area contributed by atoms with E-state index in [1.54, 1.807) is 11.3 Å². The maximum atomic E-state index is 5.47. The third kappa shape index (κ3) is 3.65. The summed E-state index contributed by atoms with van der Waals surface area (Å²) >= 11 is 1.59. The lowest BCUT2D eigenvalue weighted by molar-refractivity contribution is 0.340. The van der Waals surface area contributed by atoms with E-state index in [0.717, 1.165) is 27.6 Å². The van der Waals surface area contributed by atoms with Gasteiger partial charge in [-0.25, -0.2) is 4.98 Å². The van der Waals surface area contributed by atoms with Gasteiger partial charge < -0.3 is 9.26 Å². The van der Waals surface area contributed by atoms with Gasteiger partial charge in [-0.15, -0.1) is 11.3 Å². The molecule has 4 rings (SSSR count). The smallest absolute Gasteiger partial charge is 0.233 e. The van der Waals surface area contributed by atoms with Gasteiger partial charge in [0.1, 0.15) is 10.8 Å². The van der Waals surface area contributed by atoms with Crippen molar-refractivity contribution < 1.29 is 9.26 Å². The molecule has 0 fully saturated rings. The molecule has 0 bridgehead atoms. The maximum Gasteiger partial charge on any atom is 0.233 e. The highest BCUT2D eigenvalue weighted by Gasteiger charge is 2.12. The first-order chi connectivity index (χ1) is 12.8. The minimum absolute atomic E-state index is 0.529. The first-order valence-electron chi connectivity index (χ1n) is 8.37. The van der Waals surface area contributed by atoms with Crippen molar-refractivity contribution >= 4 is 11.3 Å². The topological polar surface area (TPSA) is 61.0 Å². The molecule has 0 aliphatic rings. The van der Waals surface area contributed by atoms with Gasteiger partial charge in [-0.2, -0.15) is 4.98 Å². The Morgan fingerprint density at radius 1 is 0.962 bits per heavy atom. The molecular weight excluding hydrogens is 346 g/mol. The van der Waals surface area contributed by atoms with Crippen LogP contribution in [0.3, 0.4) is 0 Å². The first-order valence-corrected chi connectivity index (χ1v) is 9.25. The number of rotatable bonds is 6. The SMILES string of the molecule is CCOc1ccc(-c2csc(Cc3nc(-c4ccccc4)no3)n2)cc1. The number of nitrogens with zero attached hydrogens (tertiary/aromatic N) is 3. The zero-order valence-corrected chi connectivity index (χ0v) is 15.1. The van der Waals surface area contributed by atoms with Gasteiger partial charge in [0.05, 0.1) is 18.7 Å². The van der Waals surface area contributed by atoms with E-state index in [0.29, 0.717) is 24.7 Å². The van der Waals surface area contributed by atoms with E-state index >= 15 is 0 Å². The van der Waals surface area contributed by atoms with Gasteiger partial charge in [0.15, 0.2) is 0 Å². The van der Waals surface area contributed by atoms with Crippen molar-refractivity contribution in [3.63, 3.8) is 0 Å².